The molecule has 2 aliphatic rings. The monoisotopic (exact) mass is 323 g/mol. The lowest BCUT2D eigenvalue weighted by molar-refractivity contribution is 0.115. The van der Waals surface area contributed by atoms with Gasteiger partial charge in [-0.25, -0.2) is 4.98 Å². The van der Waals surface area contributed by atoms with Crippen LogP contribution in [-0.4, -0.2) is 41.6 Å². The molecular weight excluding hydrogens is 302 g/mol. The Morgan fingerprint density at radius 1 is 1.32 bits per heavy atom. The van der Waals surface area contributed by atoms with E-state index in [1.54, 1.807) is 0 Å². The summed E-state index contributed by atoms with van der Waals surface area (Å²) in [6, 6.07) is 5.65. The number of anilines is 1. The quantitative estimate of drug-likeness (QED) is 0.780. The van der Waals surface area contributed by atoms with E-state index in [1.165, 1.54) is 37.9 Å². The van der Waals surface area contributed by atoms with E-state index < -0.39 is 0 Å². The van der Waals surface area contributed by atoms with Crippen LogP contribution >= 0.6 is 15.9 Å². The van der Waals surface area contributed by atoms with Gasteiger partial charge in [-0.15, -0.1) is 0 Å². The standard InChI is InChI=1S/C15H22BrN3/c1-12-10-18-7-3-2-4-14(18)11-19(12)15-6-5-13(8-16)9-17-15/h5-6,9,12,14H,2-4,7-8,10-11H2,1H3. The number of halogens is 1. The van der Waals surface area contributed by atoms with Gasteiger partial charge in [-0.1, -0.05) is 28.4 Å². The Hall–Kier alpha value is -0.610. The van der Waals surface area contributed by atoms with Crippen molar-refractivity contribution in [2.45, 2.75) is 43.6 Å². The van der Waals surface area contributed by atoms with E-state index in [1.807, 2.05) is 6.20 Å². The molecule has 1 aromatic heterocycles. The molecule has 0 N–H and O–H groups in total. The van der Waals surface area contributed by atoms with Gasteiger partial charge in [-0.3, -0.25) is 4.90 Å². The molecule has 0 aromatic carbocycles. The third-order valence-corrected chi connectivity index (χ3v) is 5.09. The first kappa shape index (κ1) is 13.4. The van der Waals surface area contributed by atoms with Crippen molar-refractivity contribution >= 4 is 21.7 Å². The first-order valence-electron chi connectivity index (χ1n) is 7.29. The molecule has 2 fully saturated rings. The second-order valence-electron chi connectivity index (χ2n) is 5.80. The summed E-state index contributed by atoms with van der Waals surface area (Å²) in [5.41, 5.74) is 1.24. The molecule has 2 saturated heterocycles. The maximum absolute atomic E-state index is 4.64. The van der Waals surface area contributed by atoms with E-state index in [0.29, 0.717) is 6.04 Å². The second-order valence-corrected chi connectivity index (χ2v) is 6.36. The van der Waals surface area contributed by atoms with Crippen molar-refractivity contribution in [3.05, 3.63) is 23.9 Å². The number of aromatic nitrogens is 1. The fourth-order valence-corrected chi connectivity index (χ4v) is 3.67. The normalized spacial score (nSPS) is 28.2. The second kappa shape index (κ2) is 5.80. The lowest BCUT2D eigenvalue weighted by Crippen LogP contribution is -2.59. The number of alkyl halides is 1. The number of pyridine rings is 1. The van der Waals surface area contributed by atoms with Gasteiger partial charge in [0.1, 0.15) is 5.82 Å². The summed E-state index contributed by atoms with van der Waals surface area (Å²) in [6.45, 7) is 5.94. The smallest absolute Gasteiger partial charge is 0.128 e. The molecule has 0 radical (unpaired) electrons. The number of rotatable bonds is 2. The van der Waals surface area contributed by atoms with Gasteiger partial charge >= 0.3 is 0 Å². The van der Waals surface area contributed by atoms with Crippen molar-refractivity contribution in [2.24, 2.45) is 0 Å². The van der Waals surface area contributed by atoms with Gasteiger partial charge in [0.15, 0.2) is 0 Å². The van der Waals surface area contributed by atoms with Crippen LogP contribution in [0.25, 0.3) is 0 Å². The number of hydrogen-bond donors (Lipinski definition) is 0. The molecular formula is C15H22BrN3. The fourth-order valence-electron chi connectivity index (χ4n) is 3.34. The number of fused-ring (bicyclic) bond motifs is 1. The van der Waals surface area contributed by atoms with Crippen LogP contribution in [0.4, 0.5) is 5.82 Å². The van der Waals surface area contributed by atoms with Crippen LogP contribution in [0.15, 0.2) is 18.3 Å². The predicted octanol–water partition coefficient (Wildman–Crippen LogP) is 3.04. The third-order valence-electron chi connectivity index (χ3n) is 4.45. The van der Waals surface area contributed by atoms with Crippen LogP contribution in [0.3, 0.4) is 0 Å². The summed E-state index contributed by atoms with van der Waals surface area (Å²) >= 11 is 3.48. The summed E-state index contributed by atoms with van der Waals surface area (Å²) in [6.07, 6.45) is 6.10. The lowest BCUT2D eigenvalue weighted by Gasteiger charge is -2.48. The van der Waals surface area contributed by atoms with Crippen LogP contribution in [0.2, 0.25) is 0 Å². The maximum atomic E-state index is 4.64. The Balaban J connectivity index is 1.75. The average molecular weight is 324 g/mol. The molecule has 104 valence electrons. The summed E-state index contributed by atoms with van der Waals surface area (Å²) in [4.78, 5) is 9.81. The van der Waals surface area contributed by atoms with E-state index in [2.05, 4.69) is 49.8 Å². The molecule has 3 rings (SSSR count). The van der Waals surface area contributed by atoms with Crippen LogP contribution < -0.4 is 4.90 Å². The lowest BCUT2D eigenvalue weighted by atomic mass is 9.97. The van der Waals surface area contributed by atoms with Gasteiger partial charge in [-0.05, 0) is 37.9 Å². The molecule has 19 heavy (non-hydrogen) atoms. The average Bonchev–Trinajstić information content (AvgIpc) is 2.47. The van der Waals surface area contributed by atoms with Gasteiger partial charge in [0.25, 0.3) is 0 Å². The minimum atomic E-state index is 0.566. The van der Waals surface area contributed by atoms with Gasteiger partial charge in [0, 0.05) is 36.7 Å². The molecule has 3 heterocycles. The molecule has 2 atom stereocenters. The summed E-state index contributed by atoms with van der Waals surface area (Å²) in [5, 5.41) is 0.881. The van der Waals surface area contributed by atoms with Gasteiger partial charge in [0.05, 0.1) is 0 Å². The van der Waals surface area contributed by atoms with Crippen molar-refractivity contribution in [2.75, 3.05) is 24.5 Å². The highest BCUT2D eigenvalue weighted by atomic mass is 79.9. The zero-order valence-electron chi connectivity index (χ0n) is 11.6. The largest absolute Gasteiger partial charge is 0.351 e. The Labute approximate surface area is 124 Å². The highest BCUT2D eigenvalue weighted by Gasteiger charge is 2.33. The topological polar surface area (TPSA) is 19.4 Å². The summed E-state index contributed by atoms with van der Waals surface area (Å²) in [7, 11) is 0. The predicted molar refractivity (Wildman–Crippen MR) is 82.9 cm³/mol. The molecule has 4 heteroatoms. The third kappa shape index (κ3) is 2.79. The molecule has 0 aliphatic carbocycles. The number of hydrogen-bond acceptors (Lipinski definition) is 3. The molecule has 3 nitrogen and oxygen atoms in total. The van der Waals surface area contributed by atoms with E-state index >= 15 is 0 Å². The Bertz CT molecular complexity index is 420. The first-order chi connectivity index (χ1) is 9.28. The van der Waals surface area contributed by atoms with Gasteiger partial charge in [0.2, 0.25) is 0 Å². The number of piperidine rings is 1. The number of nitrogens with zero attached hydrogens (tertiary/aromatic N) is 3. The van der Waals surface area contributed by atoms with E-state index in [9.17, 15) is 0 Å². The van der Waals surface area contributed by atoms with E-state index in [-0.39, 0.29) is 0 Å². The minimum Gasteiger partial charge on any atom is -0.351 e. The first-order valence-corrected chi connectivity index (χ1v) is 8.41. The highest BCUT2D eigenvalue weighted by molar-refractivity contribution is 9.08. The zero-order valence-corrected chi connectivity index (χ0v) is 13.1. The maximum Gasteiger partial charge on any atom is 0.128 e. The molecule has 0 saturated carbocycles. The van der Waals surface area contributed by atoms with Crippen LogP contribution in [-0.2, 0) is 5.33 Å². The molecule has 0 amide bonds. The Morgan fingerprint density at radius 3 is 2.95 bits per heavy atom. The fraction of sp³-hybridized carbons (Fsp3) is 0.667. The van der Waals surface area contributed by atoms with Crippen molar-refractivity contribution in [3.63, 3.8) is 0 Å². The van der Waals surface area contributed by atoms with Crippen molar-refractivity contribution in [3.8, 4) is 0 Å². The van der Waals surface area contributed by atoms with E-state index in [0.717, 1.165) is 23.7 Å². The van der Waals surface area contributed by atoms with Crippen LogP contribution in [0.1, 0.15) is 31.7 Å². The van der Waals surface area contributed by atoms with Gasteiger partial charge in [-0.2, -0.15) is 0 Å². The zero-order chi connectivity index (χ0) is 13.2. The van der Waals surface area contributed by atoms with Crippen LogP contribution in [0.5, 0.6) is 0 Å². The molecule has 2 unspecified atom stereocenters. The molecule has 2 aliphatic heterocycles. The summed E-state index contributed by atoms with van der Waals surface area (Å²) in [5.74, 6) is 1.14. The minimum absolute atomic E-state index is 0.566. The molecule has 0 spiro atoms. The molecule has 0 bridgehead atoms. The molecule has 1 aromatic rings. The van der Waals surface area contributed by atoms with E-state index in [4.69, 9.17) is 0 Å². The summed E-state index contributed by atoms with van der Waals surface area (Å²) < 4.78 is 0. The van der Waals surface area contributed by atoms with Crippen molar-refractivity contribution < 1.29 is 0 Å². The van der Waals surface area contributed by atoms with Gasteiger partial charge < -0.3 is 4.90 Å². The number of piperazine rings is 1. The Morgan fingerprint density at radius 2 is 2.21 bits per heavy atom. The highest BCUT2D eigenvalue weighted by Crippen LogP contribution is 2.27. The SMILES string of the molecule is CC1CN2CCCCC2CN1c1ccc(CBr)cn1. The van der Waals surface area contributed by atoms with Crippen molar-refractivity contribution in [1.29, 1.82) is 0 Å². The van der Waals surface area contributed by atoms with Crippen molar-refractivity contribution in [1.82, 2.24) is 9.88 Å². The Kier molecular flexibility index (Phi) is 4.08. The van der Waals surface area contributed by atoms with Crippen LogP contribution in [0, 0.1) is 0 Å².